The summed E-state index contributed by atoms with van der Waals surface area (Å²) in [6.45, 7) is 5.79. The summed E-state index contributed by atoms with van der Waals surface area (Å²) in [5.74, 6) is -0.208. The first-order valence-corrected chi connectivity index (χ1v) is 7.32. The lowest BCUT2D eigenvalue weighted by molar-refractivity contribution is 0.613. The van der Waals surface area contributed by atoms with Crippen molar-refractivity contribution >= 4 is 11.4 Å². The van der Waals surface area contributed by atoms with Gasteiger partial charge < -0.3 is 10.6 Å². The van der Waals surface area contributed by atoms with Gasteiger partial charge in [-0.25, -0.2) is 4.39 Å². The molecule has 0 saturated heterocycles. The van der Waals surface area contributed by atoms with Gasteiger partial charge in [-0.2, -0.15) is 0 Å². The van der Waals surface area contributed by atoms with Crippen molar-refractivity contribution in [3.05, 3.63) is 58.9 Å². The fourth-order valence-electron chi connectivity index (χ4n) is 2.43. The normalized spacial score (nSPS) is 12.3. The highest BCUT2D eigenvalue weighted by atomic mass is 19.1. The summed E-state index contributed by atoms with van der Waals surface area (Å²) >= 11 is 0. The van der Waals surface area contributed by atoms with Gasteiger partial charge in [0.15, 0.2) is 0 Å². The van der Waals surface area contributed by atoms with Gasteiger partial charge in [0.1, 0.15) is 5.82 Å². The lowest BCUT2D eigenvalue weighted by atomic mass is 10.0. The Morgan fingerprint density at radius 1 is 1.19 bits per heavy atom. The Kier molecular flexibility index (Phi) is 4.63. The molecule has 0 saturated carbocycles. The van der Waals surface area contributed by atoms with E-state index in [1.54, 1.807) is 13.0 Å². The number of halogens is 1. The first-order chi connectivity index (χ1) is 9.93. The molecule has 0 aromatic heterocycles. The highest BCUT2D eigenvalue weighted by molar-refractivity contribution is 5.67. The van der Waals surface area contributed by atoms with Gasteiger partial charge in [-0.1, -0.05) is 19.1 Å². The zero-order valence-corrected chi connectivity index (χ0v) is 13.2. The summed E-state index contributed by atoms with van der Waals surface area (Å²) in [6, 6.07) is 11.6. The SMILES string of the molecule is CCc1ccc(N(C)c2cc(C)c(F)cc2[C@H](C)N)cc1. The smallest absolute Gasteiger partial charge is 0.126 e. The van der Waals surface area contributed by atoms with Crippen LogP contribution in [0.1, 0.15) is 36.6 Å². The van der Waals surface area contributed by atoms with Crippen LogP contribution in [-0.4, -0.2) is 7.05 Å². The Morgan fingerprint density at radius 3 is 2.33 bits per heavy atom. The predicted molar refractivity (Wildman–Crippen MR) is 87.6 cm³/mol. The van der Waals surface area contributed by atoms with Crippen molar-refractivity contribution in [2.45, 2.75) is 33.2 Å². The Bertz CT molecular complexity index is 618. The third-order valence-electron chi connectivity index (χ3n) is 3.89. The molecule has 3 heteroatoms. The average molecular weight is 286 g/mol. The molecule has 2 rings (SSSR count). The van der Waals surface area contributed by atoms with E-state index in [-0.39, 0.29) is 11.9 Å². The molecule has 0 aliphatic rings. The van der Waals surface area contributed by atoms with E-state index in [0.717, 1.165) is 23.4 Å². The molecule has 2 nitrogen and oxygen atoms in total. The Labute approximate surface area is 126 Å². The van der Waals surface area contributed by atoms with Gasteiger partial charge in [0, 0.05) is 24.5 Å². The monoisotopic (exact) mass is 286 g/mol. The van der Waals surface area contributed by atoms with Crippen LogP contribution in [0.4, 0.5) is 15.8 Å². The lowest BCUT2D eigenvalue weighted by Gasteiger charge is -2.25. The summed E-state index contributed by atoms with van der Waals surface area (Å²) < 4.78 is 13.8. The van der Waals surface area contributed by atoms with Crippen LogP contribution in [0.15, 0.2) is 36.4 Å². The topological polar surface area (TPSA) is 29.3 Å². The van der Waals surface area contributed by atoms with Crippen LogP contribution in [0, 0.1) is 12.7 Å². The molecule has 2 N–H and O–H groups in total. The number of nitrogens with zero attached hydrogens (tertiary/aromatic N) is 1. The van der Waals surface area contributed by atoms with Gasteiger partial charge in [0.25, 0.3) is 0 Å². The van der Waals surface area contributed by atoms with Gasteiger partial charge >= 0.3 is 0 Å². The van der Waals surface area contributed by atoms with Crippen LogP contribution in [-0.2, 0) is 6.42 Å². The number of hydrogen-bond acceptors (Lipinski definition) is 2. The van der Waals surface area contributed by atoms with Gasteiger partial charge in [-0.3, -0.25) is 0 Å². The van der Waals surface area contributed by atoms with Crippen molar-refractivity contribution in [2.75, 3.05) is 11.9 Å². The molecule has 21 heavy (non-hydrogen) atoms. The third kappa shape index (κ3) is 3.24. The molecule has 0 unspecified atom stereocenters. The fraction of sp³-hybridized carbons (Fsp3) is 0.333. The van der Waals surface area contributed by atoms with Gasteiger partial charge in [-0.05, 0) is 61.2 Å². The van der Waals surface area contributed by atoms with Crippen molar-refractivity contribution in [1.29, 1.82) is 0 Å². The highest BCUT2D eigenvalue weighted by Crippen LogP contribution is 2.32. The second-order valence-electron chi connectivity index (χ2n) is 5.53. The summed E-state index contributed by atoms with van der Waals surface area (Å²) in [4.78, 5) is 2.06. The number of anilines is 2. The van der Waals surface area contributed by atoms with Crippen LogP contribution in [0.25, 0.3) is 0 Å². The molecule has 2 aromatic carbocycles. The largest absolute Gasteiger partial charge is 0.344 e. The van der Waals surface area contributed by atoms with Crippen molar-refractivity contribution in [1.82, 2.24) is 0 Å². The molecule has 0 bridgehead atoms. The van der Waals surface area contributed by atoms with Crippen molar-refractivity contribution < 1.29 is 4.39 Å². The highest BCUT2D eigenvalue weighted by Gasteiger charge is 2.15. The molecule has 112 valence electrons. The minimum absolute atomic E-state index is 0.208. The van der Waals surface area contributed by atoms with Gasteiger partial charge in [0.2, 0.25) is 0 Å². The van der Waals surface area contributed by atoms with E-state index in [4.69, 9.17) is 5.73 Å². The number of nitrogens with two attached hydrogens (primary N) is 1. The fourth-order valence-corrected chi connectivity index (χ4v) is 2.43. The van der Waals surface area contributed by atoms with E-state index >= 15 is 0 Å². The van der Waals surface area contributed by atoms with Crippen molar-refractivity contribution in [3.8, 4) is 0 Å². The average Bonchev–Trinajstić information content (AvgIpc) is 2.48. The van der Waals surface area contributed by atoms with E-state index in [2.05, 4.69) is 36.1 Å². The summed E-state index contributed by atoms with van der Waals surface area (Å²) in [6.07, 6.45) is 1.02. The van der Waals surface area contributed by atoms with Crippen LogP contribution < -0.4 is 10.6 Å². The first-order valence-electron chi connectivity index (χ1n) is 7.32. The quantitative estimate of drug-likeness (QED) is 0.897. The maximum Gasteiger partial charge on any atom is 0.126 e. The molecular formula is C18H23FN2. The molecule has 0 spiro atoms. The van der Waals surface area contributed by atoms with Crippen LogP contribution in [0.2, 0.25) is 0 Å². The maximum atomic E-state index is 13.8. The number of hydrogen-bond donors (Lipinski definition) is 1. The number of benzene rings is 2. The zero-order valence-electron chi connectivity index (χ0n) is 13.2. The third-order valence-corrected chi connectivity index (χ3v) is 3.89. The lowest BCUT2D eigenvalue weighted by Crippen LogP contribution is -2.16. The summed E-state index contributed by atoms with van der Waals surface area (Å²) in [5.41, 5.74) is 10.8. The second kappa shape index (κ2) is 6.27. The van der Waals surface area contributed by atoms with Crippen LogP contribution >= 0.6 is 0 Å². The minimum atomic E-state index is -0.215. The molecule has 0 aliphatic carbocycles. The van der Waals surface area contributed by atoms with Crippen molar-refractivity contribution in [2.24, 2.45) is 5.73 Å². The molecule has 0 heterocycles. The van der Waals surface area contributed by atoms with E-state index in [9.17, 15) is 4.39 Å². The zero-order chi connectivity index (χ0) is 15.6. The molecule has 0 fully saturated rings. The molecule has 2 aromatic rings. The van der Waals surface area contributed by atoms with Crippen molar-refractivity contribution in [3.63, 3.8) is 0 Å². The van der Waals surface area contributed by atoms with E-state index < -0.39 is 0 Å². The maximum absolute atomic E-state index is 13.8. The number of aryl methyl sites for hydroxylation is 2. The second-order valence-corrected chi connectivity index (χ2v) is 5.53. The Morgan fingerprint density at radius 2 is 1.81 bits per heavy atom. The molecule has 0 amide bonds. The predicted octanol–water partition coefficient (Wildman–Crippen LogP) is 4.48. The van der Waals surface area contributed by atoms with Gasteiger partial charge in [0.05, 0.1) is 0 Å². The Hall–Kier alpha value is -1.87. The molecular weight excluding hydrogens is 263 g/mol. The molecule has 0 radical (unpaired) electrons. The van der Waals surface area contributed by atoms with Crippen LogP contribution in [0.5, 0.6) is 0 Å². The molecule has 0 aliphatic heterocycles. The number of rotatable bonds is 4. The minimum Gasteiger partial charge on any atom is -0.344 e. The van der Waals surface area contributed by atoms with E-state index in [1.165, 1.54) is 5.56 Å². The molecule has 1 atom stereocenters. The summed E-state index contributed by atoms with van der Waals surface area (Å²) in [7, 11) is 1.99. The van der Waals surface area contributed by atoms with Crippen LogP contribution in [0.3, 0.4) is 0 Å². The summed E-state index contributed by atoms with van der Waals surface area (Å²) in [5, 5.41) is 0. The van der Waals surface area contributed by atoms with Gasteiger partial charge in [-0.15, -0.1) is 0 Å². The standard InChI is InChI=1S/C18H23FN2/c1-5-14-6-8-15(9-7-14)21(4)18-10-12(2)17(19)11-16(18)13(3)20/h6-11,13H,5,20H2,1-4H3/t13-/m0/s1. The van der Waals surface area contributed by atoms with E-state index in [1.807, 2.05) is 20.0 Å². The Balaban J connectivity index is 2.45. The van der Waals surface area contributed by atoms with E-state index in [0.29, 0.717) is 5.56 Å². The first kappa shape index (κ1) is 15.5.